The standard InChI is InChI=1S/C13H13N3O3/c1-9(17)15-12-11(13(18)19)7-14-16(12)8-10-5-3-2-4-6-10/h2-7H,8H2,1H3,(H,15,17)(H,18,19). The molecule has 6 heteroatoms. The van der Waals surface area contributed by atoms with Crippen molar-refractivity contribution >= 4 is 17.7 Å². The van der Waals surface area contributed by atoms with Gasteiger partial charge in [0.2, 0.25) is 5.91 Å². The van der Waals surface area contributed by atoms with E-state index in [-0.39, 0.29) is 17.3 Å². The molecule has 2 aromatic rings. The molecule has 0 bridgehead atoms. The second-order valence-corrected chi connectivity index (χ2v) is 4.04. The van der Waals surface area contributed by atoms with E-state index >= 15 is 0 Å². The number of aromatic nitrogens is 2. The third-order valence-electron chi connectivity index (χ3n) is 2.54. The summed E-state index contributed by atoms with van der Waals surface area (Å²) in [6, 6.07) is 9.47. The number of benzene rings is 1. The summed E-state index contributed by atoms with van der Waals surface area (Å²) in [5.74, 6) is -1.26. The van der Waals surface area contributed by atoms with Gasteiger partial charge in [-0.3, -0.25) is 4.79 Å². The number of hydrogen-bond donors (Lipinski definition) is 2. The molecule has 1 amide bonds. The third-order valence-corrected chi connectivity index (χ3v) is 2.54. The van der Waals surface area contributed by atoms with Crippen LogP contribution < -0.4 is 5.32 Å². The van der Waals surface area contributed by atoms with E-state index in [2.05, 4.69) is 10.4 Å². The molecule has 0 aliphatic rings. The molecule has 1 heterocycles. The van der Waals surface area contributed by atoms with Crippen LogP contribution in [0.5, 0.6) is 0 Å². The van der Waals surface area contributed by atoms with Crippen LogP contribution in [0.3, 0.4) is 0 Å². The van der Waals surface area contributed by atoms with E-state index in [1.54, 1.807) is 0 Å². The molecule has 0 unspecified atom stereocenters. The van der Waals surface area contributed by atoms with Gasteiger partial charge in [-0.15, -0.1) is 0 Å². The topological polar surface area (TPSA) is 84.2 Å². The molecule has 1 aromatic carbocycles. The highest BCUT2D eigenvalue weighted by Crippen LogP contribution is 2.17. The van der Waals surface area contributed by atoms with E-state index in [0.717, 1.165) is 5.56 Å². The molecule has 0 fully saturated rings. The van der Waals surface area contributed by atoms with Gasteiger partial charge >= 0.3 is 5.97 Å². The van der Waals surface area contributed by atoms with E-state index in [1.165, 1.54) is 17.8 Å². The first-order chi connectivity index (χ1) is 9.08. The van der Waals surface area contributed by atoms with Crippen LogP contribution in [0.25, 0.3) is 0 Å². The summed E-state index contributed by atoms with van der Waals surface area (Å²) in [5, 5.41) is 15.6. The molecule has 0 spiro atoms. The van der Waals surface area contributed by atoms with Crippen molar-refractivity contribution in [2.24, 2.45) is 0 Å². The lowest BCUT2D eigenvalue weighted by atomic mass is 10.2. The lowest BCUT2D eigenvalue weighted by Crippen LogP contribution is -2.15. The summed E-state index contributed by atoms with van der Waals surface area (Å²) in [6.45, 7) is 1.72. The van der Waals surface area contributed by atoms with Crippen molar-refractivity contribution in [3.05, 3.63) is 47.7 Å². The average molecular weight is 259 g/mol. The Morgan fingerprint density at radius 3 is 2.58 bits per heavy atom. The van der Waals surface area contributed by atoms with Crippen molar-refractivity contribution in [3.63, 3.8) is 0 Å². The van der Waals surface area contributed by atoms with Crippen molar-refractivity contribution in [2.75, 3.05) is 5.32 Å². The van der Waals surface area contributed by atoms with Crippen molar-refractivity contribution in [1.82, 2.24) is 9.78 Å². The van der Waals surface area contributed by atoms with Gasteiger partial charge in [-0.05, 0) is 5.56 Å². The Morgan fingerprint density at radius 1 is 1.32 bits per heavy atom. The fourth-order valence-electron chi connectivity index (χ4n) is 1.72. The molecule has 6 nitrogen and oxygen atoms in total. The van der Waals surface area contributed by atoms with Crippen LogP contribution in [-0.2, 0) is 11.3 Å². The molecular formula is C13H13N3O3. The molecule has 0 aliphatic carbocycles. The van der Waals surface area contributed by atoms with Gasteiger partial charge in [0, 0.05) is 6.92 Å². The molecule has 98 valence electrons. The number of carboxylic acid groups (broad SMARTS) is 1. The molecule has 19 heavy (non-hydrogen) atoms. The number of nitrogens with zero attached hydrogens (tertiary/aromatic N) is 2. The Bertz CT molecular complexity index is 605. The van der Waals surface area contributed by atoms with Crippen LogP contribution in [0.4, 0.5) is 5.82 Å². The number of amides is 1. The lowest BCUT2D eigenvalue weighted by molar-refractivity contribution is -0.114. The highest BCUT2D eigenvalue weighted by atomic mass is 16.4. The fourth-order valence-corrected chi connectivity index (χ4v) is 1.72. The van der Waals surface area contributed by atoms with Gasteiger partial charge < -0.3 is 10.4 Å². The first-order valence-corrected chi connectivity index (χ1v) is 5.68. The molecule has 2 rings (SSSR count). The number of aromatic carboxylic acids is 1. The predicted molar refractivity (Wildman–Crippen MR) is 69.0 cm³/mol. The first kappa shape index (κ1) is 12.8. The zero-order chi connectivity index (χ0) is 13.8. The summed E-state index contributed by atoms with van der Waals surface area (Å²) in [6.07, 6.45) is 1.23. The van der Waals surface area contributed by atoms with Gasteiger partial charge in [-0.1, -0.05) is 30.3 Å². The number of carboxylic acids is 1. The number of carbonyl (C=O) groups is 2. The molecule has 0 radical (unpaired) electrons. The van der Waals surface area contributed by atoms with Gasteiger partial charge in [0.15, 0.2) is 0 Å². The average Bonchev–Trinajstić information content (AvgIpc) is 2.73. The molecule has 2 N–H and O–H groups in total. The van der Waals surface area contributed by atoms with Crippen LogP contribution in [0.1, 0.15) is 22.8 Å². The maximum Gasteiger partial charge on any atom is 0.341 e. The smallest absolute Gasteiger partial charge is 0.341 e. The number of rotatable bonds is 4. The Hall–Kier alpha value is -2.63. The van der Waals surface area contributed by atoms with Gasteiger partial charge in [-0.2, -0.15) is 5.10 Å². The van der Waals surface area contributed by atoms with E-state index in [4.69, 9.17) is 5.11 Å². The second kappa shape index (κ2) is 5.34. The van der Waals surface area contributed by atoms with Gasteiger partial charge in [0.25, 0.3) is 0 Å². The van der Waals surface area contributed by atoms with Gasteiger partial charge in [-0.25, -0.2) is 9.48 Å². The number of hydrogen-bond acceptors (Lipinski definition) is 3. The number of nitrogens with one attached hydrogen (secondary N) is 1. The largest absolute Gasteiger partial charge is 0.477 e. The summed E-state index contributed by atoms with van der Waals surface area (Å²) in [5.41, 5.74) is 0.945. The second-order valence-electron chi connectivity index (χ2n) is 4.04. The summed E-state index contributed by atoms with van der Waals surface area (Å²) < 4.78 is 1.46. The molecule has 0 saturated heterocycles. The molecular weight excluding hydrogens is 246 g/mol. The predicted octanol–water partition coefficient (Wildman–Crippen LogP) is 1.59. The first-order valence-electron chi connectivity index (χ1n) is 5.68. The summed E-state index contributed by atoms with van der Waals surface area (Å²) in [7, 11) is 0. The summed E-state index contributed by atoms with van der Waals surface area (Å²) >= 11 is 0. The Morgan fingerprint density at radius 2 is 2.00 bits per heavy atom. The highest BCUT2D eigenvalue weighted by Gasteiger charge is 2.17. The Balaban J connectivity index is 2.34. The maximum absolute atomic E-state index is 11.1. The van der Waals surface area contributed by atoms with Crippen LogP contribution in [0.2, 0.25) is 0 Å². The highest BCUT2D eigenvalue weighted by molar-refractivity contribution is 5.98. The fraction of sp³-hybridized carbons (Fsp3) is 0.154. The lowest BCUT2D eigenvalue weighted by Gasteiger charge is -2.08. The zero-order valence-corrected chi connectivity index (χ0v) is 10.3. The molecule has 0 atom stereocenters. The maximum atomic E-state index is 11.1. The van der Waals surface area contributed by atoms with E-state index < -0.39 is 5.97 Å². The molecule has 1 aromatic heterocycles. The zero-order valence-electron chi connectivity index (χ0n) is 10.3. The molecule has 0 saturated carbocycles. The SMILES string of the molecule is CC(=O)Nc1c(C(=O)O)cnn1Cc1ccccc1. The van der Waals surface area contributed by atoms with E-state index in [0.29, 0.717) is 6.54 Å². The quantitative estimate of drug-likeness (QED) is 0.873. The van der Waals surface area contributed by atoms with E-state index in [1.807, 2.05) is 30.3 Å². The van der Waals surface area contributed by atoms with E-state index in [9.17, 15) is 9.59 Å². The van der Waals surface area contributed by atoms with Crippen molar-refractivity contribution in [2.45, 2.75) is 13.5 Å². The Kier molecular flexibility index (Phi) is 3.61. The van der Waals surface area contributed by atoms with Crippen LogP contribution in [-0.4, -0.2) is 26.8 Å². The minimum Gasteiger partial charge on any atom is -0.477 e. The van der Waals surface area contributed by atoms with Crippen LogP contribution in [0, 0.1) is 0 Å². The monoisotopic (exact) mass is 259 g/mol. The van der Waals surface area contributed by atoms with Crippen molar-refractivity contribution < 1.29 is 14.7 Å². The normalized spacial score (nSPS) is 10.2. The minimum atomic E-state index is -1.12. The van der Waals surface area contributed by atoms with Crippen LogP contribution in [0.15, 0.2) is 36.5 Å². The molecule has 0 aliphatic heterocycles. The third kappa shape index (κ3) is 2.98. The Labute approximate surface area is 109 Å². The minimum absolute atomic E-state index is 0.0221. The van der Waals surface area contributed by atoms with Crippen molar-refractivity contribution in [3.8, 4) is 0 Å². The number of carbonyl (C=O) groups excluding carboxylic acids is 1. The van der Waals surface area contributed by atoms with Gasteiger partial charge in [0.05, 0.1) is 12.7 Å². The van der Waals surface area contributed by atoms with Gasteiger partial charge in [0.1, 0.15) is 11.4 Å². The van der Waals surface area contributed by atoms with Crippen LogP contribution >= 0.6 is 0 Å². The van der Waals surface area contributed by atoms with Crippen molar-refractivity contribution in [1.29, 1.82) is 0 Å². The summed E-state index contributed by atoms with van der Waals surface area (Å²) in [4.78, 5) is 22.2. The number of anilines is 1.